The predicted molar refractivity (Wildman–Crippen MR) is 68.6 cm³/mol. The lowest BCUT2D eigenvalue weighted by Crippen LogP contribution is -2.38. The second-order valence-corrected chi connectivity index (χ2v) is 5.20. The summed E-state index contributed by atoms with van der Waals surface area (Å²) in [6.45, 7) is 6.68. The maximum atomic E-state index is 10.8. The van der Waals surface area contributed by atoms with Gasteiger partial charge in [0.1, 0.15) is 0 Å². The summed E-state index contributed by atoms with van der Waals surface area (Å²) < 4.78 is 0. The summed E-state index contributed by atoms with van der Waals surface area (Å²) in [5, 5.41) is 8.86. The van der Waals surface area contributed by atoms with E-state index in [2.05, 4.69) is 18.7 Å². The van der Waals surface area contributed by atoms with Crippen molar-refractivity contribution in [2.75, 3.05) is 18.0 Å². The maximum Gasteiger partial charge on any atom is 0.335 e. The molecule has 3 nitrogen and oxygen atoms in total. The number of carboxylic acids is 1. The lowest BCUT2D eigenvalue weighted by molar-refractivity contribution is 0.0697. The molecule has 0 aromatic heterocycles. The number of piperidine rings is 1. The van der Waals surface area contributed by atoms with E-state index >= 15 is 0 Å². The van der Waals surface area contributed by atoms with Crippen LogP contribution in [0.1, 0.15) is 30.6 Å². The molecule has 0 amide bonds. The third-order valence-corrected chi connectivity index (χ3v) is 3.35. The predicted octanol–water partition coefficient (Wildman–Crippen LogP) is 2.87. The summed E-state index contributed by atoms with van der Waals surface area (Å²) in [6.07, 6.45) is 1.28. The third kappa shape index (κ3) is 2.78. The van der Waals surface area contributed by atoms with Crippen LogP contribution in [0.4, 0.5) is 5.69 Å². The van der Waals surface area contributed by atoms with Gasteiger partial charge in [-0.1, -0.05) is 13.8 Å². The SMILES string of the molecule is C[C@@H]1C[C@@H](C)CN(c2ccc(C(=O)O)cc2)C1. The average Bonchev–Trinajstić information content (AvgIpc) is 2.28. The van der Waals surface area contributed by atoms with Gasteiger partial charge in [-0.2, -0.15) is 0 Å². The Hall–Kier alpha value is -1.51. The second-order valence-electron chi connectivity index (χ2n) is 5.20. The highest BCUT2D eigenvalue weighted by atomic mass is 16.4. The van der Waals surface area contributed by atoms with E-state index in [1.54, 1.807) is 12.1 Å². The van der Waals surface area contributed by atoms with Gasteiger partial charge in [-0.3, -0.25) is 0 Å². The van der Waals surface area contributed by atoms with E-state index in [0.29, 0.717) is 17.4 Å². The molecule has 1 heterocycles. The molecule has 1 aromatic carbocycles. The van der Waals surface area contributed by atoms with E-state index in [1.807, 2.05) is 12.1 Å². The fraction of sp³-hybridized carbons (Fsp3) is 0.500. The third-order valence-electron chi connectivity index (χ3n) is 3.35. The van der Waals surface area contributed by atoms with Gasteiger partial charge >= 0.3 is 5.97 Å². The summed E-state index contributed by atoms with van der Waals surface area (Å²) in [7, 11) is 0. The fourth-order valence-corrected chi connectivity index (χ4v) is 2.69. The molecule has 0 unspecified atom stereocenters. The van der Waals surface area contributed by atoms with Gasteiger partial charge in [0.05, 0.1) is 5.56 Å². The highest BCUT2D eigenvalue weighted by Crippen LogP contribution is 2.26. The number of hydrogen-bond donors (Lipinski definition) is 1. The quantitative estimate of drug-likeness (QED) is 0.854. The Kier molecular flexibility index (Phi) is 3.36. The van der Waals surface area contributed by atoms with Crippen LogP contribution in [0, 0.1) is 11.8 Å². The molecule has 2 atom stereocenters. The standard InChI is InChI=1S/C14H19NO2/c1-10-7-11(2)9-15(8-10)13-5-3-12(4-6-13)14(16)17/h3-6,10-11H,7-9H2,1-2H3,(H,16,17)/t10-,11-/m1/s1. The molecule has 0 saturated carbocycles. The van der Waals surface area contributed by atoms with Gasteiger partial charge in [0.25, 0.3) is 0 Å². The first-order valence-electron chi connectivity index (χ1n) is 6.14. The first-order valence-corrected chi connectivity index (χ1v) is 6.14. The second kappa shape index (κ2) is 4.78. The smallest absolute Gasteiger partial charge is 0.335 e. The lowest BCUT2D eigenvalue weighted by atomic mass is 9.91. The van der Waals surface area contributed by atoms with Gasteiger partial charge in [-0.05, 0) is 42.5 Å². The average molecular weight is 233 g/mol. The Labute approximate surface area is 102 Å². The maximum absolute atomic E-state index is 10.8. The van der Waals surface area contributed by atoms with Crippen LogP contribution < -0.4 is 4.90 Å². The molecular weight excluding hydrogens is 214 g/mol. The van der Waals surface area contributed by atoms with Crippen LogP contribution in [0.2, 0.25) is 0 Å². The number of anilines is 1. The van der Waals surface area contributed by atoms with Crippen LogP contribution in [0.15, 0.2) is 24.3 Å². The molecule has 1 saturated heterocycles. The van der Waals surface area contributed by atoms with Crippen molar-refractivity contribution in [3.05, 3.63) is 29.8 Å². The van der Waals surface area contributed by atoms with Crippen LogP contribution in [-0.4, -0.2) is 24.2 Å². The monoisotopic (exact) mass is 233 g/mol. The summed E-state index contributed by atoms with van der Waals surface area (Å²) in [4.78, 5) is 13.1. The largest absolute Gasteiger partial charge is 0.478 e. The molecule has 17 heavy (non-hydrogen) atoms. The van der Waals surface area contributed by atoms with Crippen molar-refractivity contribution in [2.45, 2.75) is 20.3 Å². The number of nitrogens with zero attached hydrogens (tertiary/aromatic N) is 1. The van der Waals surface area contributed by atoms with Gasteiger partial charge in [-0.15, -0.1) is 0 Å². The van der Waals surface area contributed by atoms with Crippen molar-refractivity contribution < 1.29 is 9.90 Å². The number of benzene rings is 1. The molecule has 2 rings (SSSR count). The minimum absolute atomic E-state index is 0.354. The highest BCUT2D eigenvalue weighted by molar-refractivity contribution is 5.88. The van der Waals surface area contributed by atoms with E-state index in [9.17, 15) is 4.79 Å². The molecular formula is C14H19NO2. The molecule has 0 radical (unpaired) electrons. The topological polar surface area (TPSA) is 40.5 Å². The summed E-state index contributed by atoms with van der Waals surface area (Å²) in [5.74, 6) is 0.549. The van der Waals surface area contributed by atoms with Crippen molar-refractivity contribution in [3.63, 3.8) is 0 Å². The molecule has 1 aliphatic heterocycles. The van der Waals surface area contributed by atoms with Gasteiger partial charge in [0, 0.05) is 18.8 Å². The Bertz CT molecular complexity index is 389. The zero-order valence-electron chi connectivity index (χ0n) is 10.4. The Morgan fingerprint density at radius 1 is 1.18 bits per heavy atom. The molecule has 3 heteroatoms. The number of aromatic carboxylic acids is 1. The Morgan fingerprint density at radius 2 is 1.71 bits per heavy atom. The summed E-state index contributed by atoms with van der Waals surface area (Å²) >= 11 is 0. The van der Waals surface area contributed by atoms with Crippen LogP contribution in [0.3, 0.4) is 0 Å². The van der Waals surface area contributed by atoms with E-state index < -0.39 is 5.97 Å². The lowest BCUT2D eigenvalue weighted by Gasteiger charge is -2.36. The molecule has 0 bridgehead atoms. The Morgan fingerprint density at radius 3 is 2.18 bits per heavy atom. The molecule has 1 aliphatic rings. The first-order chi connectivity index (χ1) is 8.06. The van der Waals surface area contributed by atoms with Crippen molar-refractivity contribution in [2.24, 2.45) is 11.8 Å². The highest BCUT2D eigenvalue weighted by Gasteiger charge is 2.21. The van der Waals surface area contributed by atoms with E-state index in [4.69, 9.17) is 5.11 Å². The van der Waals surface area contributed by atoms with E-state index in [1.165, 1.54) is 6.42 Å². The number of rotatable bonds is 2. The number of carbonyl (C=O) groups is 1. The van der Waals surface area contributed by atoms with Crippen molar-refractivity contribution in [1.29, 1.82) is 0 Å². The molecule has 1 fully saturated rings. The zero-order chi connectivity index (χ0) is 12.4. The first kappa shape index (κ1) is 12.0. The van der Waals surface area contributed by atoms with Crippen LogP contribution in [0.25, 0.3) is 0 Å². The van der Waals surface area contributed by atoms with Crippen molar-refractivity contribution >= 4 is 11.7 Å². The zero-order valence-corrected chi connectivity index (χ0v) is 10.4. The van der Waals surface area contributed by atoms with Crippen molar-refractivity contribution in [3.8, 4) is 0 Å². The molecule has 0 aliphatic carbocycles. The number of hydrogen-bond acceptors (Lipinski definition) is 2. The van der Waals surface area contributed by atoms with Gasteiger partial charge in [-0.25, -0.2) is 4.79 Å². The van der Waals surface area contributed by atoms with E-state index in [0.717, 1.165) is 18.8 Å². The molecule has 1 N–H and O–H groups in total. The summed E-state index contributed by atoms with van der Waals surface area (Å²) in [6, 6.07) is 7.19. The van der Waals surface area contributed by atoms with Gasteiger partial charge < -0.3 is 10.0 Å². The molecule has 92 valence electrons. The minimum atomic E-state index is -0.864. The van der Waals surface area contributed by atoms with Crippen LogP contribution in [-0.2, 0) is 0 Å². The van der Waals surface area contributed by atoms with Crippen LogP contribution >= 0.6 is 0 Å². The Balaban J connectivity index is 2.14. The van der Waals surface area contributed by atoms with Gasteiger partial charge in [0.15, 0.2) is 0 Å². The molecule has 1 aromatic rings. The molecule has 0 spiro atoms. The normalized spacial score (nSPS) is 24.7. The fourth-order valence-electron chi connectivity index (χ4n) is 2.69. The summed E-state index contributed by atoms with van der Waals surface area (Å²) in [5.41, 5.74) is 1.49. The number of carboxylic acid groups (broad SMARTS) is 1. The van der Waals surface area contributed by atoms with Gasteiger partial charge in [0.2, 0.25) is 0 Å². The van der Waals surface area contributed by atoms with E-state index in [-0.39, 0.29) is 0 Å². The van der Waals surface area contributed by atoms with Crippen molar-refractivity contribution in [1.82, 2.24) is 0 Å². The van der Waals surface area contributed by atoms with Crippen LogP contribution in [0.5, 0.6) is 0 Å². The minimum Gasteiger partial charge on any atom is -0.478 e.